The number of thiazole rings is 1. The van der Waals surface area contributed by atoms with E-state index in [0.29, 0.717) is 17.0 Å². The van der Waals surface area contributed by atoms with E-state index < -0.39 is 12.0 Å². The molecule has 1 aromatic carbocycles. The van der Waals surface area contributed by atoms with Crippen LogP contribution in [0.15, 0.2) is 30.3 Å². The van der Waals surface area contributed by atoms with Crippen molar-refractivity contribution in [3.05, 3.63) is 51.5 Å². The second kappa shape index (κ2) is 6.49. The van der Waals surface area contributed by atoms with Gasteiger partial charge in [0.1, 0.15) is 10.9 Å². The Morgan fingerprint density at radius 3 is 2.62 bits per heavy atom. The molecule has 1 atom stereocenters. The lowest BCUT2D eigenvalue weighted by molar-refractivity contribution is -0.138. The third-order valence-electron chi connectivity index (χ3n) is 2.96. The first kappa shape index (κ1) is 15.2. The first-order valence-corrected chi connectivity index (χ1v) is 7.33. The molecule has 0 fully saturated rings. The first-order chi connectivity index (χ1) is 9.97. The Balaban J connectivity index is 2.12. The van der Waals surface area contributed by atoms with Crippen LogP contribution in [0.4, 0.5) is 0 Å². The SMILES string of the molecule is Cc1nc(Cc2ccccc2)sc1C(=O)NC(C)C(=O)O. The molecule has 5 nitrogen and oxygen atoms in total. The molecule has 0 radical (unpaired) electrons. The van der Waals surface area contributed by atoms with E-state index in [0.717, 1.165) is 10.6 Å². The van der Waals surface area contributed by atoms with Gasteiger partial charge in [0.2, 0.25) is 0 Å². The largest absolute Gasteiger partial charge is 0.480 e. The van der Waals surface area contributed by atoms with Crippen molar-refractivity contribution in [1.82, 2.24) is 10.3 Å². The van der Waals surface area contributed by atoms with Gasteiger partial charge in [-0.15, -0.1) is 11.3 Å². The van der Waals surface area contributed by atoms with Gasteiger partial charge in [0.05, 0.1) is 10.7 Å². The zero-order valence-corrected chi connectivity index (χ0v) is 12.6. The van der Waals surface area contributed by atoms with E-state index in [1.54, 1.807) is 6.92 Å². The van der Waals surface area contributed by atoms with E-state index in [1.807, 2.05) is 30.3 Å². The van der Waals surface area contributed by atoms with Gasteiger partial charge in [0.15, 0.2) is 0 Å². The maximum atomic E-state index is 12.0. The molecule has 110 valence electrons. The highest BCUT2D eigenvalue weighted by Crippen LogP contribution is 2.20. The number of carboxylic acid groups (broad SMARTS) is 1. The molecule has 1 aromatic heterocycles. The molecule has 1 unspecified atom stereocenters. The van der Waals surface area contributed by atoms with Crippen LogP contribution >= 0.6 is 11.3 Å². The number of benzene rings is 1. The normalized spacial score (nSPS) is 11.9. The molecule has 0 spiro atoms. The van der Waals surface area contributed by atoms with Crippen molar-refractivity contribution >= 4 is 23.2 Å². The van der Waals surface area contributed by atoms with E-state index in [1.165, 1.54) is 18.3 Å². The minimum Gasteiger partial charge on any atom is -0.480 e. The predicted molar refractivity (Wildman–Crippen MR) is 80.7 cm³/mol. The number of nitrogens with one attached hydrogen (secondary N) is 1. The predicted octanol–water partition coefficient (Wildman–Crippen LogP) is 2.25. The summed E-state index contributed by atoms with van der Waals surface area (Å²) in [6.07, 6.45) is 0.661. The summed E-state index contributed by atoms with van der Waals surface area (Å²) in [6.45, 7) is 3.19. The molecule has 2 aromatic rings. The van der Waals surface area contributed by atoms with Crippen molar-refractivity contribution in [2.24, 2.45) is 0 Å². The van der Waals surface area contributed by atoms with Gasteiger partial charge in [0, 0.05) is 6.42 Å². The summed E-state index contributed by atoms with van der Waals surface area (Å²) in [7, 11) is 0. The molecular formula is C15H16N2O3S. The summed E-state index contributed by atoms with van der Waals surface area (Å²) in [5.41, 5.74) is 1.75. The summed E-state index contributed by atoms with van der Waals surface area (Å²) in [5.74, 6) is -1.45. The van der Waals surface area contributed by atoms with Gasteiger partial charge in [-0.05, 0) is 19.4 Å². The van der Waals surface area contributed by atoms with E-state index >= 15 is 0 Å². The molecule has 2 rings (SSSR count). The molecule has 6 heteroatoms. The number of aryl methyl sites for hydroxylation is 1. The fourth-order valence-electron chi connectivity index (χ4n) is 1.83. The van der Waals surface area contributed by atoms with Crippen LogP contribution in [0.3, 0.4) is 0 Å². The Labute approximate surface area is 126 Å². The van der Waals surface area contributed by atoms with Crippen LogP contribution in [-0.2, 0) is 11.2 Å². The van der Waals surface area contributed by atoms with Gasteiger partial charge < -0.3 is 10.4 Å². The van der Waals surface area contributed by atoms with E-state index in [9.17, 15) is 9.59 Å². The quantitative estimate of drug-likeness (QED) is 0.888. The van der Waals surface area contributed by atoms with Crippen LogP contribution in [0.25, 0.3) is 0 Å². The molecule has 0 saturated carbocycles. The molecule has 1 amide bonds. The minimum atomic E-state index is -1.06. The van der Waals surface area contributed by atoms with E-state index in [-0.39, 0.29) is 5.91 Å². The Bertz CT molecular complexity index is 652. The minimum absolute atomic E-state index is 0.390. The second-order valence-electron chi connectivity index (χ2n) is 4.72. The molecule has 0 aliphatic heterocycles. The molecule has 21 heavy (non-hydrogen) atoms. The number of carbonyl (C=O) groups excluding carboxylic acids is 1. The zero-order valence-electron chi connectivity index (χ0n) is 11.8. The molecular weight excluding hydrogens is 288 g/mol. The van der Waals surface area contributed by atoms with Crippen molar-refractivity contribution in [1.29, 1.82) is 0 Å². The monoisotopic (exact) mass is 304 g/mol. The molecule has 0 bridgehead atoms. The van der Waals surface area contributed by atoms with E-state index in [2.05, 4.69) is 10.3 Å². The van der Waals surface area contributed by atoms with Crippen LogP contribution in [-0.4, -0.2) is 28.0 Å². The highest BCUT2D eigenvalue weighted by atomic mass is 32.1. The number of hydrogen-bond donors (Lipinski definition) is 2. The van der Waals surface area contributed by atoms with Crippen LogP contribution in [0.5, 0.6) is 0 Å². The standard InChI is InChI=1S/C15H16N2O3S/c1-9-13(14(18)17-10(2)15(19)20)21-12(16-9)8-11-6-4-3-5-7-11/h3-7,10H,8H2,1-2H3,(H,17,18)(H,19,20). The fraction of sp³-hybridized carbons (Fsp3) is 0.267. The van der Waals surface area contributed by atoms with Gasteiger partial charge in [-0.25, -0.2) is 4.98 Å². The number of aliphatic carboxylic acids is 1. The number of carbonyl (C=O) groups is 2. The van der Waals surface area contributed by atoms with Gasteiger partial charge in [-0.2, -0.15) is 0 Å². The third kappa shape index (κ3) is 3.88. The summed E-state index contributed by atoms with van der Waals surface area (Å²) >= 11 is 1.30. The van der Waals surface area contributed by atoms with Crippen LogP contribution in [0.2, 0.25) is 0 Å². The van der Waals surface area contributed by atoms with Gasteiger partial charge in [-0.1, -0.05) is 30.3 Å². The zero-order chi connectivity index (χ0) is 15.4. The lowest BCUT2D eigenvalue weighted by atomic mass is 10.2. The van der Waals surface area contributed by atoms with Gasteiger partial charge in [0.25, 0.3) is 5.91 Å². The molecule has 0 aliphatic rings. The second-order valence-corrected chi connectivity index (χ2v) is 5.80. The van der Waals surface area contributed by atoms with Crippen molar-refractivity contribution in [3.8, 4) is 0 Å². The molecule has 2 N–H and O–H groups in total. The molecule has 0 saturated heterocycles. The van der Waals surface area contributed by atoms with Crippen molar-refractivity contribution in [2.75, 3.05) is 0 Å². The Morgan fingerprint density at radius 1 is 1.33 bits per heavy atom. The Hall–Kier alpha value is -2.21. The van der Waals surface area contributed by atoms with Crippen LogP contribution in [0.1, 0.15) is 32.9 Å². The number of nitrogens with zero attached hydrogens (tertiary/aromatic N) is 1. The number of rotatable bonds is 5. The summed E-state index contributed by atoms with van der Waals surface area (Å²) in [6, 6.07) is 8.95. The van der Waals surface area contributed by atoms with Crippen molar-refractivity contribution < 1.29 is 14.7 Å². The lowest BCUT2D eigenvalue weighted by Crippen LogP contribution is -2.38. The maximum absolute atomic E-state index is 12.0. The van der Waals surface area contributed by atoms with Crippen molar-refractivity contribution in [2.45, 2.75) is 26.3 Å². The van der Waals surface area contributed by atoms with E-state index in [4.69, 9.17) is 5.11 Å². The highest BCUT2D eigenvalue weighted by molar-refractivity contribution is 7.13. The number of aromatic nitrogens is 1. The van der Waals surface area contributed by atoms with Gasteiger partial charge >= 0.3 is 5.97 Å². The fourth-order valence-corrected chi connectivity index (χ4v) is 2.83. The number of amides is 1. The third-order valence-corrected chi connectivity index (χ3v) is 4.12. The summed E-state index contributed by atoms with van der Waals surface area (Å²) in [4.78, 5) is 27.7. The number of carboxylic acids is 1. The Kier molecular flexibility index (Phi) is 4.70. The van der Waals surface area contributed by atoms with Crippen LogP contribution in [0, 0.1) is 6.92 Å². The average Bonchev–Trinajstić information content (AvgIpc) is 2.80. The molecule has 0 aliphatic carbocycles. The van der Waals surface area contributed by atoms with Crippen LogP contribution < -0.4 is 5.32 Å². The first-order valence-electron chi connectivity index (χ1n) is 6.51. The number of hydrogen-bond acceptors (Lipinski definition) is 4. The lowest BCUT2D eigenvalue weighted by Gasteiger charge is -2.07. The smallest absolute Gasteiger partial charge is 0.325 e. The topological polar surface area (TPSA) is 79.3 Å². The summed E-state index contributed by atoms with van der Waals surface area (Å²) in [5, 5.41) is 12.1. The van der Waals surface area contributed by atoms with Crippen molar-refractivity contribution in [3.63, 3.8) is 0 Å². The maximum Gasteiger partial charge on any atom is 0.325 e. The average molecular weight is 304 g/mol. The Morgan fingerprint density at radius 2 is 2.00 bits per heavy atom. The molecule has 1 heterocycles. The highest BCUT2D eigenvalue weighted by Gasteiger charge is 2.20. The van der Waals surface area contributed by atoms with Gasteiger partial charge in [-0.3, -0.25) is 9.59 Å². The summed E-state index contributed by atoms with van der Waals surface area (Å²) < 4.78 is 0.